The van der Waals surface area contributed by atoms with E-state index < -0.39 is 0 Å². The standard InChI is InChI=1S/C12H20N4O2/c1-3-11-10(8-15(2)14-11)12(17)16-4-5-18-9(6-13)7-16/h8-9H,3-7,13H2,1-2H3. The molecule has 0 saturated carbocycles. The molecule has 1 atom stereocenters. The van der Waals surface area contributed by atoms with Crippen LogP contribution in [0.1, 0.15) is 23.0 Å². The molecule has 1 aliphatic heterocycles. The maximum atomic E-state index is 12.4. The first kappa shape index (κ1) is 13.0. The molecule has 1 unspecified atom stereocenters. The minimum absolute atomic E-state index is 0.0294. The lowest BCUT2D eigenvalue weighted by Crippen LogP contribution is -2.48. The van der Waals surface area contributed by atoms with Crippen molar-refractivity contribution in [1.29, 1.82) is 0 Å². The van der Waals surface area contributed by atoms with Crippen molar-refractivity contribution in [3.63, 3.8) is 0 Å². The van der Waals surface area contributed by atoms with Crippen LogP contribution >= 0.6 is 0 Å². The largest absolute Gasteiger partial charge is 0.373 e. The fourth-order valence-electron chi connectivity index (χ4n) is 2.19. The lowest BCUT2D eigenvalue weighted by molar-refractivity contribution is -0.0167. The van der Waals surface area contributed by atoms with Gasteiger partial charge in [0, 0.05) is 32.9 Å². The van der Waals surface area contributed by atoms with Crippen LogP contribution in [0, 0.1) is 0 Å². The van der Waals surface area contributed by atoms with E-state index in [9.17, 15) is 4.79 Å². The maximum Gasteiger partial charge on any atom is 0.257 e. The summed E-state index contributed by atoms with van der Waals surface area (Å²) in [6, 6.07) is 0. The molecule has 0 aromatic carbocycles. The highest BCUT2D eigenvalue weighted by atomic mass is 16.5. The molecule has 0 radical (unpaired) electrons. The smallest absolute Gasteiger partial charge is 0.257 e. The first-order valence-corrected chi connectivity index (χ1v) is 6.29. The van der Waals surface area contributed by atoms with Crippen molar-refractivity contribution in [2.24, 2.45) is 12.8 Å². The lowest BCUT2D eigenvalue weighted by Gasteiger charge is -2.32. The van der Waals surface area contributed by atoms with Crippen LogP contribution in [0.2, 0.25) is 0 Å². The van der Waals surface area contributed by atoms with Gasteiger partial charge in [0.1, 0.15) is 0 Å². The van der Waals surface area contributed by atoms with Crippen molar-refractivity contribution in [1.82, 2.24) is 14.7 Å². The minimum Gasteiger partial charge on any atom is -0.373 e. The van der Waals surface area contributed by atoms with Gasteiger partial charge >= 0.3 is 0 Å². The molecule has 0 spiro atoms. The first-order valence-electron chi connectivity index (χ1n) is 6.29. The predicted octanol–water partition coefficient (Wildman–Crippen LogP) is -0.218. The van der Waals surface area contributed by atoms with E-state index in [0.29, 0.717) is 31.8 Å². The van der Waals surface area contributed by atoms with Gasteiger partial charge in [0.25, 0.3) is 5.91 Å². The van der Waals surface area contributed by atoms with E-state index in [1.807, 2.05) is 14.0 Å². The Labute approximate surface area is 107 Å². The van der Waals surface area contributed by atoms with Crippen molar-refractivity contribution in [2.45, 2.75) is 19.4 Å². The molecule has 6 nitrogen and oxygen atoms in total. The van der Waals surface area contributed by atoms with E-state index in [4.69, 9.17) is 10.5 Å². The zero-order valence-electron chi connectivity index (χ0n) is 10.9. The molecular weight excluding hydrogens is 232 g/mol. The normalized spacial score (nSPS) is 20.2. The molecule has 100 valence electrons. The maximum absolute atomic E-state index is 12.4. The van der Waals surface area contributed by atoms with Crippen LogP contribution in [0.5, 0.6) is 0 Å². The third-order valence-electron chi connectivity index (χ3n) is 3.16. The van der Waals surface area contributed by atoms with Gasteiger partial charge < -0.3 is 15.4 Å². The molecule has 1 aromatic heterocycles. The summed E-state index contributed by atoms with van der Waals surface area (Å²) >= 11 is 0. The first-order chi connectivity index (χ1) is 8.65. The van der Waals surface area contributed by atoms with Gasteiger partial charge in [-0.25, -0.2) is 0 Å². The SMILES string of the molecule is CCc1nn(C)cc1C(=O)N1CCOC(CN)C1. The van der Waals surface area contributed by atoms with Crippen LogP contribution in [0.3, 0.4) is 0 Å². The van der Waals surface area contributed by atoms with Crippen LogP contribution < -0.4 is 5.73 Å². The molecule has 1 amide bonds. The Morgan fingerprint density at radius 2 is 2.44 bits per heavy atom. The molecule has 1 aromatic rings. The Kier molecular flexibility index (Phi) is 3.98. The van der Waals surface area contributed by atoms with E-state index in [1.54, 1.807) is 15.8 Å². The number of ether oxygens (including phenoxy) is 1. The zero-order chi connectivity index (χ0) is 13.1. The fourth-order valence-corrected chi connectivity index (χ4v) is 2.19. The number of carbonyl (C=O) groups is 1. The summed E-state index contributed by atoms with van der Waals surface area (Å²) in [6.07, 6.45) is 2.49. The number of hydrogen-bond acceptors (Lipinski definition) is 4. The summed E-state index contributed by atoms with van der Waals surface area (Å²) in [5.41, 5.74) is 7.12. The molecule has 1 fully saturated rings. The fraction of sp³-hybridized carbons (Fsp3) is 0.667. The Bertz CT molecular complexity index is 430. The molecular formula is C12H20N4O2. The minimum atomic E-state index is -0.0514. The quantitative estimate of drug-likeness (QED) is 0.807. The number of carbonyl (C=O) groups excluding carboxylic acids is 1. The van der Waals surface area contributed by atoms with E-state index >= 15 is 0 Å². The summed E-state index contributed by atoms with van der Waals surface area (Å²) in [4.78, 5) is 14.2. The third kappa shape index (κ3) is 2.54. The van der Waals surface area contributed by atoms with Crippen LogP contribution in [0.4, 0.5) is 0 Å². The van der Waals surface area contributed by atoms with E-state index in [-0.39, 0.29) is 12.0 Å². The Balaban J connectivity index is 2.14. The van der Waals surface area contributed by atoms with Gasteiger partial charge in [-0.1, -0.05) is 6.92 Å². The number of aromatic nitrogens is 2. The average molecular weight is 252 g/mol. The second-order valence-corrected chi connectivity index (χ2v) is 4.50. The van der Waals surface area contributed by atoms with Gasteiger partial charge in [-0.3, -0.25) is 9.48 Å². The van der Waals surface area contributed by atoms with Gasteiger partial charge in [0.2, 0.25) is 0 Å². The van der Waals surface area contributed by atoms with Crippen LogP contribution in [0.15, 0.2) is 6.20 Å². The summed E-state index contributed by atoms with van der Waals surface area (Å²) in [7, 11) is 1.83. The highest BCUT2D eigenvalue weighted by Gasteiger charge is 2.26. The van der Waals surface area contributed by atoms with Gasteiger partial charge in [-0.05, 0) is 6.42 Å². The van der Waals surface area contributed by atoms with E-state index in [1.165, 1.54) is 0 Å². The molecule has 1 saturated heterocycles. The van der Waals surface area contributed by atoms with Crippen LogP contribution in [0.25, 0.3) is 0 Å². The summed E-state index contributed by atoms with van der Waals surface area (Å²) < 4.78 is 7.15. The second-order valence-electron chi connectivity index (χ2n) is 4.50. The predicted molar refractivity (Wildman–Crippen MR) is 67.3 cm³/mol. The summed E-state index contributed by atoms with van der Waals surface area (Å²) in [5.74, 6) is 0.0294. The Morgan fingerprint density at radius 3 is 3.11 bits per heavy atom. The molecule has 0 bridgehead atoms. The van der Waals surface area contributed by atoms with E-state index in [2.05, 4.69) is 5.10 Å². The van der Waals surface area contributed by atoms with Crippen molar-refractivity contribution in [3.05, 3.63) is 17.5 Å². The van der Waals surface area contributed by atoms with Gasteiger partial charge in [0.15, 0.2) is 0 Å². The Hall–Kier alpha value is -1.40. The monoisotopic (exact) mass is 252 g/mol. The molecule has 2 heterocycles. The molecule has 2 rings (SSSR count). The molecule has 1 aliphatic rings. The third-order valence-corrected chi connectivity index (χ3v) is 3.16. The Morgan fingerprint density at radius 1 is 1.67 bits per heavy atom. The summed E-state index contributed by atoms with van der Waals surface area (Å²) in [5, 5.41) is 4.30. The number of nitrogens with zero attached hydrogens (tertiary/aromatic N) is 3. The van der Waals surface area contributed by atoms with Crippen molar-refractivity contribution >= 4 is 5.91 Å². The average Bonchev–Trinajstić information content (AvgIpc) is 2.79. The topological polar surface area (TPSA) is 73.4 Å². The zero-order valence-corrected chi connectivity index (χ0v) is 10.9. The molecule has 6 heteroatoms. The molecule has 18 heavy (non-hydrogen) atoms. The number of rotatable bonds is 3. The van der Waals surface area contributed by atoms with Gasteiger partial charge in [0.05, 0.1) is 24.0 Å². The number of morpholine rings is 1. The van der Waals surface area contributed by atoms with Crippen molar-refractivity contribution in [3.8, 4) is 0 Å². The van der Waals surface area contributed by atoms with Gasteiger partial charge in [-0.15, -0.1) is 0 Å². The second kappa shape index (κ2) is 5.49. The number of amides is 1. The highest BCUT2D eigenvalue weighted by molar-refractivity contribution is 5.95. The summed E-state index contributed by atoms with van der Waals surface area (Å²) in [6.45, 7) is 4.18. The van der Waals surface area contributed by atoms with Crippen molar-refractivity contribution in [2.75, 3.05) is 26.2 Å². The number of nitrogens with two attached hydrogens (primary N) is 1. The van der Waals surface area contributed by atoms with Crippen LogP contribution in [-0.2, 0) is 18.2 Å². The van der Waals surface area contributed by atoms with E-state index in [0.717, 1.165) is 12.1 Å². The number of aryl methyl sites for hydroxylation is 2. The molecule has 0 aliphatic carbocycles. The van der Waals surface area contributed by atoms with Crippen molar-refractivity contribution < 1.29 is 9.53 Å². The van der Waals surface area contributed by atoms with Crippen LogP contribution in [-0.4, -0.2) is 52.9 Å². The lowest BCUT2D eigenvalue weighted by atomic mass is 10.1. The molecule has 2 N–H and O–H groups in total. The van der Waals surface area contributed by atoms with Gasteiger partial charge in [-0.2, -0.15) is 5.10 Å². The highest BCUT2D eigenvalue weighted by Crippen LogP contribution is 2.13. The number of hydrogen-bond donors (Lipinski definition) is 1.